The van der Waals surface area contributed by atoms with Crippen LogP contribution in [0.1, 0.15) is 11.1 Å². The van der Waals surface area contributed by atoms with E-state index in [1.807, 2.05) is 75.5 Å². The number of alkyl halides is 1. The molecule has 150 valence electrons. The molecule has 2 amide bonds. The number of amides is 2. The first-order valence-electron chi connectivity index (χ1n) is 8.38. The van der Waals surface area contributed by atoms with Crippen molar-refractivity contribution in [3.05, 3.63) is 60.7 Å². The van der Waals surface area contributed by atoms with Gasteiger partial charge in [-0.2, -0.15) is 0 Å². The minimum Gasteiger partial charge on any atom is -0.506 e. The standard InChI is InChI=1S/C19H19ClI2N2O4/c20-6-7-23-18(26)16(10-13-8-14(21)17(25)15(22)9-13)24-19(27)28-11-12-4-2-1-3-5-12/h1-5,8-9,16,25H,6-7,10-11H2,(H,23,26)(H,24,27)/t16-/m1/s1. The number of halogens is 3. The number of alkyl carbamates (subject to hydrolysis) is 1. The van der Waals surface area contributed by atoms with Crippen molar-refractivity contribution in [2.24, 2.45) is 0 Å². The second-order valence-corrected chi connectivity index (χ2v) is 8.55. The molecule has 2 aromatic carbocycles. The number of carbonyl (C=O) groups excluding carboxylic acids is 2. The van der Waals surface area contributed by atoms with E-state index in [4.69, 9.17) is 16.3 Å². The Morgan fingerprint density at radius 3 is 2.36 bits per heavy atom. The largest absolute Gasteiger partial charge is 0.506 e. The zero-order chi connectivity index (χ0) is 20.5. The van der Waals surface area contributed by atoms with Crippen LogP contribution in [-0.2, 0) is 22.6 Å². The van der Waals surface area contributed by atoms with Crippen LogP contribution >= 0.6 is 56.8 Å². The smallest absolute Gasteiger partial charge is 0.408 e. The highest BCUT2D eigenvalue weighted by Crippen LogP contribution is 2.27. The van der Waals surface area contributed by atoms with Gasteiger partial charge in [0, 0.05) is 18.8 Å². The highest BCUT2D eigenvalue weighted by Gasteiger charge is 2.22. The first-order chi connectivity index (χ1) is 13.4. The number of aromatic hydroxyl groups is 1. The summed E-state index contributed by atoms with van der Waals surface area (Å²) in [5.41, 5.74) is 1.66. The Hall–Kier alpha value is -1.27. The maximum Gasteiger partial charge on any atom is 0.408 e. The van der Waals surface area contributed by atoms with Gasteiger partial charge in [0.2, 0.25) is 5.91 Å². The fourth-order valence-electron chi connectivity index (χ4n) is 2.38. The van der Waals surface area contributed by atoms with E-state index in [-0.39, 0.29) is 30.6 Å². The van der Waals surface area contributed by atoms with Crippen molar-refractivity contribution in [1.29, 1.82) is 0 Å². The summed E-state index contributed by atoms with van der Waals surface area (Å²) >= 11 is 9.68. The lowest BCUT2D eigenvalue weighted by molar-refractivity contribution is -0.122. The van der Waals surface area contributed by atoms with Crippen LogP contribution in [-0.4, -0.2) is 35.6 Å². The molecular formula is C19H19ClI2N2O4. The number of hydrogen-bond donors (Lipinski definition) is 3. The summed E-state index contributed by atoms with van der Waals surface area (Å²) in [5, 5.41) is 15.2. The number of phenols is 1. The minimum atomic E-state index is -0.831. The molecule has 3 N–H and O–H groups in total. The topological polar surface area (TPSA) is 87.7 Å². The van der Waals surface area contributed by atoms with Crippen molar-refractivity contribution < 1.29 is 19.4 Å². The SMILES string of the molecule is O=C(N[C@H](Cc1cc(I)c(O)c(I)c1)C(=O)NCCCl)OCc1ccccc1. The van der Waals surface area contributed by atoms with Crippen molar-refractivity contribution in [3.8, 4) is 5.75 Å². The van der Waals surface area contributed by atoms with E-state index < -0.39 is 12.1 Å². The molecule has 2 rings (SSSR count). The van der Waals surface area contributed by atoms with Crippen LogP contribution in [0.3, 0.4) is 0 Å². The van der Waals surface area contributed by atoms with Gasteiger partial charge < -0.3 is 20.5 Å². The second kappa shape index (κ2) is 11.7. The molecule has 0 aliphatic carbocycles. The van der Waals surface area contributed by atoms with E-state index in [0.29, 0.717) is 13.7 Å². The van der Waals surface area contributed by atoms with E-state index in [0.717, 1.165) is 11.1 Å². The predicted molar refractivity (Wildman–Crippen MR) is 125 cm³/mol. The molecule has 0 aliphatic heterocycles. The van der Waals surface area contributed by atoms with Gasteiger partial charge in [-0.3, -0.25) is 4.79 Å². The van der Waals surface area contributed by atoms with Gasteiger partial charge in [-0.1, -0.05) is 30.3 Å². The summed E-state index contributed by atoms with van der Waals surface area (Å²) in [6.45, 7) is 0.403. The molecule has 0 spiro atoms. The number of phenolic OH excluding ortho intramolecular Hbond substituents is 1. The predicted octanol–water partition coefficient (Wildman–Crippen LogP) is 3.79. The Balaban J connectivity index is 2.06. The number of benzene rings is 2. The Morgan fingerprint density at radius 1 is 1.11 bits per heavy atom. The molecule has 28 heavy (non-hydrogen) atoms. The maximum absolute atomic E-state index is 12.5. The molecule has 0 heterocycles. The number of rotatable bonds is 8. The fraction of sp³-hybridized carbons (Fsp3) is 0.263. The molecule has 0 saturated carbocycles. The van der Waals surface area contributed by atoms with Crippen molar-refractivity contribution in [2.75, 3.05) is 12.4 Å². The second-order valence-electron chi connectivity index (χ2n) is 5.85. The number of nitrogens with one attached hydrogen (secondary N) is 2. The molecule has 0 aliphatic rings. The van der Waals surface area contributed by atoms with Gasteiger partial charge in [0.05, 0.1) is 7.14 Å². The van der Waals surface area contributed by atoms with Gasteiger partial charge in [0.15, 0.2) is 0 Å². The monoisotopic (exact) mass is 628 g/mol. The van der Waals surface area contributed by atoms with Crippen molar-refractivity contribution in [2.45, 2.75) is 19.1 Å². The summed E-state index contributed by atoms with van der Waals surface area (Å²) in [6, 6.07) is 12.0. The third-order valence-electron chi connectivity index (χ3n) is 3.73. The van der Waals surface area contributed by atoms with Crippen LogP contribution in [0.15, 0.2) is 42.5 Å². The van der Waals surface area contributed by atoms with E-state index in [2.05, 4.69) is 10.6 Å². The summed E-state index contributed by atoms with van der Waals surface area (Å²) in [4.78, 5) is 24.7. The van der Waals surface area contributed by atoms with E-state index in [1.165, 1.54) is 0 Å². The lowest BCUT2D eigenvalue weighted by atomic mass is 10.1. The Morgan fingerprint density at radius 2 is 1.75 bits per heavy atom. The third-order valence-corrected chi connectivity index (χ3v) is 5.57. The van der Waals surface area contributed by atoms with Crippen LogP contribution in [0.4, 0.5) is 4.79 Å². The van der Waals surface area contributed by atoms with E-state index in [9.17, 15) is 14.7 Å². The van der Waals surface area contributed by atoms with Gasteiger partial charge in [-0.25, -0.2) is 4.79 Å². The molecule has 0 bridgehead atoms. The van der Waals surface area contributed by atoms with Gasteiger partial charge in [0.25, 0.3) is 0 Å². The lowest BCUT2D eigenvalue weighted by Crippen LogP contribution is -2.48. The summed E-state index contributed by atoms with van der Waals surface area (Å²) in [5.74, 6) is 0.116. The summed E-state index contributed by atoms with van der Waals surface area (Å²) in [6.07, 6.45) is -0.432. The van der Waals surface area contributed by atoms with Crippen LogP contribution < -0.4 is 10.6 Å². The van der Waals surface area contributed by atoms with Crippen LogP contribution in [0.5, 0.6) is 5.75 Å². The van der Waals surface area contributed by atoms with Gasteiger partial charge in [0.1, 0.15) is 18.4 Å². The molecule has 1 atom stereocenters. The first-order valence-corrected chi connectivity index (χ1v) is 11.1. The fourth-order valence-corrected chi connectivity index (χ4v) is 4.37. The third kappa shape index (κ3) is 7.28. The van der Waals surface area contributed by atoms with Gasteiger partial charge in [-0.15, -0.1) is 11.6 Å². The van der Waals surface area contributed by atoms with Crippen LogP contribution in [0.25, 0.3) is 0 Å². The molecular weight excluding hydrogens is 609 g/mol. The average molecular weight is 629 g/mol. The highest BCUT2D eigenvalue weighted by atomic mass is 127. The van der Waals surface area contributed by atoms with Gasteiger partial charge >= 0.3 is 6.09 Å². The zero-order valence-electron chi connectivity index (χ0n) is 14.8. The Kier molecular flexibility index (Phi) is 9.59. The molecule has 0 radical (unpaired) electrons. The number of carbonyl (C=O) groups is 2. The van der Waals surface area contributed by atoms with Crippen LogP contribution in [0, 0.1) is 7.14 Å². The molecule has 6 nitrogen and oxygen atoms in total. The molecule has 9 heteroatoms. The van der Waals surface area contributed by atoms with Crippen molar-refractivity contribution in [1.82, 2.24) is 10.6 Å². The summed E-state index contributed by atoms with van der Waals surface area (Å²) in [7, 11) is 0. The average Bonchev–Trinajstić information content (AvgIpc) is 2.69. The molecule has 0 unspecified atom stereocenters. The Bertz CT molecular complexity index is 798. The zero-order valence-corrected chi connectivity index (χ0v) is 19.8. The quantitative estimate of drug-likeness (QED) is 0.307. The van der Waals surface area contributed by atoms with Gasteiger partial charge in [-0.05, 0) is 68.4 Å². The normalized spacial score (nSPS) is 11.5. The highest BCUT2D eigenvalue weighted by molar-refractivity contribution is 14.1. The number of ether oxygens (including phenoxy) is 1. The minimum absolute atomic E-state index is 0.109. The molecule has 2 aromatic rings. The van der Waals surface area contributed by atoms with Crippen LogP contribution in [0.2, 0.25) is 0 Å². The number of hydrogen-bond acceptors (Lipinski definition) is 4. The first kappa shape index (κ1) is 23.0. The van der Waals surface area contributed by atoms with E-state index >= 15 is 0 Å². The maximum atomic E-state index is 12.5. The lowest BCUT2D eigenvalue weighted by Gasteiger charge is -2.19. The molecule has 0 aromatic heterocycles. The molecule has 0 saturated heterocycles. The van der Waals surface area contributed by atoms with Crippen molar-refractivity contribution >= 4 is 68.8 Å². The van der Waals surface area contributed by atoms with E-state index in [1.54, 1.807) is 12.1 Å². The van der Waals surface area contributed by atoms with Crippen molar-refractivity contribution in [3.63, 3.8) is 0 Å². The summed E-state index contributed by atoms with van der Waals surface area (Å²) < 4.78 is 6.56. The Labute approximate surface area is 195 Å². The molecule has 0 fully saturated rings.